The van der Waals surface area contributed by atoms with Gasteiger partial charge in [0.05, 0.1) is 18.8 Å². The Labute approximate surface area is 116 Å². The zero-order valence-corrected chi connectivity index (χ0v) is 12.1. The molecule has 0 bridgehead atoms. The third-order valence-corrected chi connectivity index (χ3v) is 3.73. The van der Waals surface area contributed by atoms with E-state index in [1.165, 1.54) is 0 Å². The van der Waals surface area contributed by atoms with E-state index >= 15 is 0 Å². The molecule has 1 aliphatic rings. The Morgan fingerprint density at radius 2 is 2.44 bits per heavy atom. The Kier molecular flexibility index (Phi) is 5.12. The van der Waals surface area contributed by atoms with Crippen LogP contribution in [0.3, 0.4) is 0 Å². The van der Waals surface area contributed by atoms with Gasteiger partial charge in [-0.15, -0.1) is 0 Å². The van der Waals surface area contributed by atoms with Crippen LogP contribution in [0.5, 0.6) is 0 Å². The summed E-state index contributed by atoms with van der Waals surface area (Å²) in [7, 11) is 0. The smallest absolute Gasteiger partial charge is 0.0964 e. The number of hydrogen-bond donors (Lipinski definition) is 1. The van der Waals surface area contributed by atoms with E-state index in [0.29, 0.717) is 13.0 Å². The summed E-state index contributed by atoms with van der Waals surface area (Å²) in [5.74, 6) is 0. The Morgan fingerprint density at radius 3 is 3.11 bits per heavy atom. The predicted molar refractivity (Wildman–Crippen MR) is 73.5 cm³/mol. The van der Waals surface area contributed by atoms with Gasteiger partial charge >= 0.3 is 0 Å². The van der Waals surface area contributed by atoms with Crippen LogP contribution in [0.2, 0.25) is 0 Å². The standard InChI is InChI=1S/C13H19BrN2O2/c1-2-16-5-6-18-13(9-16)12(17)7-11-4-3-10(14)8-15-11/h3-4,8,12-13,17H,2,5-7,9H2,1H3. The third-order valence-electron chi connectivity index (χ3n) is 3.26. The van der Waals surface area contributed by atoms with Gasteiger partial charge in [-0.2, -0.15) is 0 Å². The van der Waals surface area contributed by atoms with Gasteiger partial charge in [0.2, 0.25) is 0 Å². The maximum atomic E-state index is 10.2. The molecule has 0 aliphatic carbocycles. The highest BCUT2D eigenvalue weighted by Crippen LogP contribution is 2.14. The van der Waals surface area contributed by atoms with Crippen molar-refractivity contribution in [2.75, 3.05) is 26.2 Å². The first-order valence-corrected chi connectivity index (χ1v) is 7.10. The molecule has 100 valence electrons. The topological polar surface area (TPSA) is 45.6 Å². The molecule has 1 aromatic rings. The Bertz CT molecular complexity index is 372. The van der Waals surface area contributed by atoms with Crippen molar-refractivity contribution in [2.24, 2.45) is 0 Å². The van der Waals surface area contributed by atoms with Gasteiger partial charge in [-0.1, -0.05) is 6.92 Å². The maximum Gasteiger partial charge on any atom is 0.0964 e. The molecule has 4 nitrogen and oxygen atoms in total. The van der Waals surface area contributed by atoms with Crippen LogP contribution < -0.4 is 0 Å². The molecule has 1 N–H and O–H groups in total. The molecule has 0 amide bonds. The number of morpholine rings is 1. The number of halogens is 1. The number of ether oxygens (including phenoxy) is 1. The highest BCUT2D eigenvalue weighted by molar-refractivity contribution is 9.10. The van der Waals surface area contributed by atoms with Gasteiger partial charge in [-0.25, -0.2) is 0 Å². The summed E-state index contributed by atoms with van der Waals surface area (Å²) >= 11 is 3.35. The molecule has 1 fully saturated rings. The van der Waals surface area contributed by atoms with Crippen molar-refractivity contribution < 1.29 is 9.84 Å². The molecule has 18 heavy (non-hydrogen) atoms. The molecule has 0 saturated carbocycles. The molecular formula is C13H19BrN2O2. The number of pyridine rings is 1. The van der Waals surface area contributed by atoms with Crippen LogP contribution in [-0.4, -0.2) is 53.4 Å². The molecule has 2 heterocycles. The number of aliphatic hydroxyl groups excluding tert-OH is 1. The summed E-state index contributed by atoms with van der Waals surface area (Å²) in [6.07, 6.45) is 1.69. The van der Waals surface area contributed by atoms with Crippen molar-refractivity contribution >= 4 is 15.9 Å². The number of aliphatic hydroxyl groups is 1. The molecule has 0 spiro atoms. The summed E-state index contributed by atoms with van der Waals surface area (Å²) in [6.45, 7) is 5.59. The van der Waals surface area contributed by atoms with E-state index in [0.717, 1.165) is 29.8 Å². The van der Waals surface area contributed by atoms with E-state index in [1.807, 2.05) is 12.1 Å². The highest BCUT2D eigenvalue weighted by Gasteiger charge is 2.26. The van der Waals surface area contributed by atoms with Crippen molar-refractivity contribution in [2.45, 2.75) is 25.6 Å². The minimum atomic E-state index is -0.493. The van der Waals surface area contributed by atoms with Crippen molar-refractivity contribution in [1.82, 2.24) is 9.88 Å². The molecule has 2 rings (SSSR count). The van der Waals surface area contributed by atoms with Gasteiger partial charge in [0, 0.05) is 35.9 Å². The SMILES string of the molecule is CCN1CCOC(C(O)Cc2ccc(Br)cn2)C1. The van der Waals surface area contributed by atoms with E-state index in [1.54, 1.807) is 6.20 Å². The lowest BCUT2D eigenvalue weighted by atomic mass is 10.1. The minimum absolute atomic E-state index is 0.107. The normalized spacial score (nSPS) is 22.9. The number of hydrogen-bond acceptors (Lipinski definition) is 4. The summed E-state index contributed by atoms with van der Waals surface area (Å²) in [4.78, 5) is 6.57. The Morgan fingerprint density at radius 1 is 1.61 bits per heavy atom. The third kappa shape index (κ3) is 3.75. The van der Waals surface area contributed by atoms with Crippen LogP contribution >= 0.6 is 15.9 Å². The van der Waals surface area contributed by atoms with E-state index < -0.39 is 6.10 Å². The van der Waals surface area contributed by atoms with Gasteiger partial charge in [0.25, 0.3) is 0 Å². The molecule has 1 aliphatic heterocycles. The van der Waals surface area contributed by atoms with E-state index in [4.69, 9.17) is 4.74 Å². The highest BCUT2D eigenvalue weighted by atomic mass is 79.9. The average molecular weight is 315 g/mol. The molecule has 5 heteroatoms. The predicted octanol–water partition coefficient (Wildman–Crippen LogP) is 1.47. The zero-order chi connectivity index (χ0) is 13.0. The monoisotopic (exact) mass is 314 g/mol. The number of aromatic nitrogens is 1. The van der Waals surface area contributed by atoms with E-state index in [9.17, 15) is 5.11 Å². The molecule has 2 unspecified atom stereocenters. The van der Waals surface area contributed by atoms with Crippen LogP contribution in [0.15, 0.2) is 22.8 Å². The first-order valence-electron chi connectivity index (χ1n) is 6.31. The average Bonchev–Trinajstić information content (AvgIpc) is 2.41. The number of nitrogens with zero attached hydrogens (tertiary/aromatic N) is 2. The van der Waals surface area contributed by atoms with Crippen molar-refractivity contribution in [1.29, 1.82) is 0 Å². The second-order valence-electron chi connectivity index (χ2n) is 4.54. The van der Waals surface area contributed by atoms with Crippen molar-refractivity contribution in [3.8, 4) is 0 Å². The largest absolute Gasteiger partial charge is 0.390 e. The fourth-order valence-electron chi connectivity index (χ4n) is 2.12. The van der Waals surface area contributed by atoms with Crippen LogP contribution in [0.1, 0.15) is 12.6 Å². The molecule has 2 atom stereocenters. The molecule has 0 radical (unpaired) electrons. The minimum Gasteiger partial charge on any atom is -0.390 e. The van der Waals surface area contributed by atoms with Crippen molar-refractivity contribution in [3.05, 3.63) is 28.5 Å². The lowest BCUT2D eigenvalue weighted by molar-refractivity contribution is -0.0869. The van der Waals surface area contributed by atoms with Crippen LogP contribution in [0, 0.1) is 0 Å². The fourth-order valence-corrected chi connectivity index (χ4v) is 2.36. The van der Waals surface area contributed by atoms with Gasteiger partial charge in [0.15, 0.2) is 0 Å². The lowest BCUT2D eigenvalue weighted by Crippen LogP contribution is -2.48. The van der Waals surface area contributed by atoms with Crippen molar-refractivity contribution in [3.63, 3.8) is 0 Å². The zero-order valence-electron chi connectivity index (χ0n) is 10.6. The van der Waals surface area contributed by atoms with Gasteiger partial charge < -0.3 is 9.84 Å². The first kappa shape index (κ1) is 13.9. The van der Waals surface area contributed by atoms with Crippen LogP contribution in [0.25, 0.3) is 0 Å². The fraction of sp³-hybridized carbons (Fsp3) is 0.615. The molecule has 1 aromatic heterocycles. The summed E-state index contributed by atoms with van der Waals surface area (Å²) < 4.78 is 6.59. The number of rotatable bonds is 4. The van der Waals surface area contributed by atoms with E-state index in [-0.39, 0.29) is 6.10 Å². The Hall–Kier alpha value is -0.490. The molecule has 0 aromatic carbocycles. The maximum absolute atomic E-state index is 10.2. The van der Waals surface area contributed by atoms with E-state index in [2.05, 4.69) is 32.7 Å². The second-order valence-corrected chi connectivity index (χ2v) is 5.46. The van der Waals surface area contributed by atoms with Crippen LogP contribution in [-0.2, 0) is 11.2 Å². The van der Waals surface area contributed by atoms with Gasteiger partial charge in [-0.05, 0) is 34.6 Å². The van der Waals surface area contributed by atoms with Gasteiger partial charge in [0.1, 0.15) is 0 Å². The summed E-state index contributed by atoms with van der Waals surface area (Å²) in [5.41, 5.74) is 0.892. The quantitative estimate of drug-likeness (QED) is 0.914. The van der Waals surface area contributed by atoms with Crippen LogP contribution in [0.4, 0.5) is 0 Å². The molecule has 1 saturated heterocycles. The summed E-state index contributed by atoms with van der Waals surface area (Å²) in [6, 6.07) is 3.86. The Balaban J connectivity index is 1.90. The summed E-state index contributed by atoms with van der Waals surface area (Å²) in [5, 5.41) is 10.2. The van der Waals surface area contributed by atoms with Gasteiger partial charge in [-0.3, -0.25) is 9.88 Å². The molecular weight excluding hydrogens is 296 g/mol. The number of likely N-dealkylation sites (N-methyl/N-ethyl adjacent to an activating group) is 1. The second kappa shape index (κ2) is 6.61. The lowest BCUT2D eigenvalue weighted by Gasteiger charge is -2.34. The first-order chi connectivity index (χ1) is 8.69.